The average molecular weight is 534 g/mol. The number of rotatable bonds is 6. The lowest BCUT2D eigenvalue weighted by molar-refractivity contribution is 0.478. The van der Waals surface area contributed by atoms with Crippen LogP contribution in [0.15, 0.2) is 107 Å². The summed E-state index contributed by atoms with van der Waals surface area (Å²) >= 11 is 0. The molecule has 0 saturated heterocycles. The second-order valence-corrected chi connectivity index (χ2v) is 10.9. The Balaban J connectivity index is 1.41. The summed E-state index contributed by atoms with van der Waals surface area (Å²) in [6.07, 6.45) is 0. The molecule has 0 fully saturated rings. The predicted molar refractivity (Wildman–Crippen MR) is 136 cm³/mol. The Morgan fingerprint density at radius 3 is 1.73 bits per heavy atom. The van der Waals surface area contributed by atoms with Crippen LogP contribution < -0.4 is 8.37 Å². The molecule has 0 atom stereocenters. The quantitative estimate of drug-likeness (QED) is 0.216. The van der Waals surface area contributed by atoms with Gasteiger partial charge in [-0.25, -0.2) is 0 Å². The largest absolute Gasteiger partial charge is 0.501 e. The molecule has 1 N–H and O–H groups in total. The molecule has 0 aliphatic heterocycles. The molecule has 9 nitrogen and oxygen atoms in total. The first-order valence-electron chi connectivity index (χ1n) is 10.8. The predicted octanol–water partition coefficient (Wildman–Crippen LogP) is 5.72. The molecule has 184 valence electrons. The van der Waals surface area contributed by atoms with Gasteiger partial charge in [-0.05, 0) is 47.9 Å². The van der Waals surface area contributed by atoms with Crippen LogP contribution in [0.1, 0.15) is 0 Å². The van der Waals surface area contributed by atoms with Crippen LogP contribution in [-0.2, 0) is 20.2 Å². The Morgan fingerprint density at radius 1 is 0.595 bits per heavy atom. The van der Waals surface area contributed by atoms with Crippen LogP contribution in [0.5, 0.6) is 17.2 Å². The van der Waals surface area contributed by atoms with E-state index in [-0.39, 0.29) is 43.5 Å². The minimum atomic E-state index is -4.35. The van der Waals surface area contributed by atoms with Crippen molar-refractivity contribution in [2.75, 3.05) is 0 Å². The van der Waals surface area contributed by atoms with Crippen LogP contribution in [0, 0.1) is 5.39 Å². The molecule has 0 radical (unpaired) electrons. The third-order valence-corrected chi connectivity index (χ3v) is 8.22. The van der Waals surface area contributed by atoms with Crippen molar-refractivity contribution in [3.05, 3.63) is 102 Å². The smallest absolute Gasteiger partial charge is 0.426 e. The highest BCUT2D eigenvalue weighted by Gasteiger charge is 2.25. The number of benzene rings is 5. The van der Waals surface area contributed by atoms with E-state index >= 15 is 0 Å². The lowest BCUT2D eigenvalue weighted by atomic mass is 10.1. The Hall–Kier alpha value is -4.66. The number of phenols is 1. The van der Waals surface area contributed by atoms with Crippen molar-refractivity contribution in [3.63, 3.8) is 0 Å². The first-order chi connectivity index (χ1) is 17.7. The summed E-state index contributed by atoms with van der Waals surface area (Å²) in [7, 11) is -8.53. The maximum Gasteiger partial charge on any atom is 0.426 e. The average Bonchev–Trinajstić information content (AvgIpc) is 2.89. The molecule has 37 heavy (non-hydrogen) atoms. The van der Waals surface area contributed by atoms with E-state index in [4.69, 9.17) is 13.8 Å². The van der Waals surface area contributed by atoms with Crippen LogP contribution in [0.3, 0.4) is 0 Å². The van der Waals surface area contributed by atoms with Crippen LogP contribution in [0.4, 0.5) is 5.69 Å². The van der Waals surface area contributed by atoms with Crippen LogP contribution in [0.2, 0.25) is 0 Å². The molecule has 5 aromatic rings. The molecule has 11 heteroatoms. The number of nitrogens with zero attached hydrogens (tertiary/aromatic N) is 2. The van der Waals surface area contributed by atoms with E-state index in [2.05, 4.69) is 4.98 Å². The fraction of sp³-hybridized carbons (Fsp3) is 0. The maximum absolute atomic E-state index is 13.0. The summed E-state index contributed by atoms with van der Waals surface area (Å²) in [5, 5.41) is 20.8. The SMILES string of the molecule is N#[N+]c1ccc2c(S(=O)(=O)Oc3ccc(OS(=O)(=O)c4cccc5ccccc45)cc3)cccc2c1O. The fourth-order valence-corrected chi connectivity index (χ4v) is 6.21. The molecular weight excluding hydrogens is 516 g/mol. The number of aromatic hydroxyl groups is 1. The molecule has 5 rings (SSSR count). The van der Waals surface area contributed by atoms with Gasteiger partial charge in [0.25, 0.3) is 0 Å². The summed E-state index contributed by atoms with van der Waals surface area (Å²) in [4.78, 5) is 2.75. The Labute approximate surface area is 212 Å². The zero-order chi connectivity index (χ0) is 26.2. The minimum absolute atomic E-state index is 0.00451. The van der Waals surface area contributed by atoms with Gasteiger partial charge in [0.2, 0.25) is 11.1 Å². The summed E-state index contributed by atoms with van der Waals surface area (Å²) in [5.41, 5.74) is -0.114. The van der Waals surface area contributed by atoms with Crippen LogP contribution in [0.25, 0.3) is 26.5 Å². The highest BCUT2D eigenvalue weighted by atomic mass is 32.2. The molecule has 0 aliphatic rings. The molecule has 0 unspecified atom stereocenters. The molecule has 0 amide bonds. The third-order valence-electron chi connectivity index (χ3n) is 5.60. The molecule has 5 aromatic carbocycles. The molecule has 0 bridgehead atoms. The van der Waals surface area contributed by atoms with Gasteiger partial charge in [0.1, 0.15) is 21.3 Å². The van der Waals surface area contributed by atoms with Gasteiger partial charge in [0.15, 0.2) is 4.98 Å². The molecule has 0 saturated carbocycles. The Bertz CT molecular complexity index is 1930. The van der Waals surface area contributed by atoms with E-state index < -0.39 is 20.2 Å². The van der Waals surface area contributed by atoms with Gasteiger partial charge in [0, 0.05) is 22.2 Å². The summed E-state index contributed by atoms with van der Waals surface area (Å²) in [6, 6.07) is 23.8. The molecular formula is C26H17N2O7S2+. The number of phenolic OH excluding ortho intramolecular Hbond substituents is 1. The van der Waals surface area contributed by atoms with Gasteiger partial charge in [-0.1, -0.05) is 48.5 Å². The second kappa shape index (κ2) is 9.09. The normalized spacial score (nSPS) is 11.8. The lowest BCUT2D eigenvalue weighted by Crippen LogP contribution is -2.11. The number of hydrogen-bond donors (Lipinski definition) is 1. The van der Waals surface area contributed by atoms with Crippen LogP contribution >= 0.6 is 0 Å². The lowest BCUT2D eigenvalue weighted by Gasteiger charge is -2.11. The Kier molecular flexibility index (Phi) is 5.91. The fourth-order valence-electron chi connectivity index (χ4n) is 3.91. The highest BCUT2D eigenvalue weighted by Crippen LogP contribution is 2.38. The van der Waals surface area contributed by atoms with E-state index in [0.29, 0.717) is 5.39 Å². The van der Waals surface area contributed by atoms with Crippen molar-refractivity contribution in [1.29, 1.82) is 5.39 Å². The maximum atomic E-state index is 13.0. The highest BCUT2D eigenvalue weighted by molar-refractivity contribution is 7.87. The summed E-state index contributed by atoms with van der Waals surface area (Å²) in [5.74, 6) is -0.503. The zero-order valence-electron chi connectivity index (χ0n) is 18.8. The van der Waals surface area contributed by atoms with Gasteiger partial charge in [-0.2, -0.15) is 16.8 Å². The van der Waals surface area contributed by atoms with E-state index in [1.54, 1.807) is 36.4 Å². The summed E-state index contributed by atoms with van der Waals surface area (Å²) < 4.78 is 62.3. The summed E-state index contributed by atoms with van der Waals surface area (Å²) in [6.45, 7) is 0. The van der Waals surface area contributed by atoms with Crippen molar-refractivity contribution in [1.82, 2.24) is 0 Å². The van der Waals surface area contributed by atoms with E-state index in [1.165, 1.54) is 60.7 Å². The monoisotopic (exact) mass is 533 g/mol. The van der Waals surface area contributed by atoms with E-state index in [1.807, 2.05) is 0 Å². The third kappa shape index (κ3) is 4.51. The van der Waals surface area contributed by atoms with Crippen molar-refractivity contribution in [2.45, 2.75) is 9.79 Å². The van der Waals surface area contributed by atoms with Gasteiger partial charge in [-0.15, -0.1) is 0 Å². The second-order valence-electron chi connectivity index (χ2n) is 7.91. The molecule has 0 heterocycles. The van der Waals surface area contributed by atoms with Crippen molar-refractivity contribution >= 4 is 47.5 Å². The van der Waals surface area contributed by atoms with Gasteiger partial charge in [0.05, 0.1) is 0 Å². The zero-order valence-corrected chi connectivity index (χ0v) is 20.5. The van der Waals surface area contributed by atoms with Crippen molar-refractivity contribution in [3.8, 4) is 17.2 Å². The molecule has 0 aromatic heterocycles. The molecule has 0 aliphatic carbocycles. The standard InChI is InChI=1S/C26H16N2O7S2/c27-28-23-16-15-21-22(26(23)29)8-4-10-25(21)37(32,33)35-19-13-11-18(12-14-19)34-36(30,31)24-9-3-6-17-5-1-2-7-20(17)24/h1-16H/p+1. The van der Waals surface area contributed by atoms with Crippen LogP contribution in [-0.4, -0.2) is 21.9 Å². The number of fused-ring (bicyclic) bond motifs is 2. The first-order valence-corrected chi connectivity index (χ1v) is 13.6. The minimum Gasteiger partial charge on any atom is -0.501 e. The van der Waals surface area contributed by atoms with E-state index in [9.17, 15) is 21.9 Å². The van der Waals surface area contributed by atoms with Crippen molar-refractivity contribution < 1.29 is 30.3 Å². The first kappa shape index (κ1) is 24.1. The number of diazo groups is 1. The molecule has 0 spiro atoms. The van der Waals surface area contributed by atoms with Gasteiger partial charge in [-0.3, -0.25) is 0 Å². The van der Waals surface area contributed by atoms with E-state index in [0.717, 1.165) is 5.39 Å². The number of hydrogen-bond acceptors (Lipinski definition) is 8. The van der Waals surface area contributed by atoms with Gasteiger partial charge < -0.3 is 13.5 Å². The Morgan fingerprint density at radius 2 is 1.11 bits per heavy atom. The topological polar surface area (TPSA) is 135 Å². The van der Waals surface area contributed by atoms with Gasteiger partial charge >= 0.3 is 25.9 Å². The van der Waals surface area contributed by atoms with Crippen molar-refractivity contribution in [2.24, 2.45) is 0 Å².